The molecule has 0 bridgehead atoms. The summed E-state index contributed by atoms with van der Waals surface area (Å²) in [7, 11) is 0. The van der Waals surface area contributed by atoms with Gasteiger partial charge in [0.2, 0.25) is 0 Å². The third-order valence-corrected chi connectivity index (χ3v) is 3.37. The molecule has 1 nitrogen and oxygen atoms in total. The van der Waals surface area contributed by atoms with Gasteiger partial charge in [-0.1, -0.05) is 42.5 Å². The second-order valence-corrected chi connectivity index (χ2v) is 4.79. The summed E-state index contributed by atoms with van der Waals surface area (Å²) >= 11 is 0. The molecule has 0 unspecified atom stereocenters. The van der Waals surface area contributed by atoms with E-state index in [0.717, 1.165) is 22.3 Å². The van der Waals surface area contributed by atoms with Gasteiger partial charge in [0.05, 0.1) is 0 Å². The molecule has 1 heteroatoms. The van der Waals surface area contributed by atoms with Gasteiger partial charge in [-0.2, -0.15) is 0 Å². The topological polar surface area (TPSA) is 17.1 Å². The molecule has 0 atom stereocenters. The lowest BCUT2D eigenvalue weighted by atomic mass is 9.94. The van der Waals surface area contributed by atoms with Gasteiger partial charge in [0, 0.05) is 12.0 Å². The van der Waals surface area contributed by atoms with Crippen LogP contribution in [0.5, 0.6) is 0 Å². The van der Waals surface area contributed by atoms with Crippen LogP contribution in [-0.2, 0) is 6.42 Å². The van der Waals surface area contributed by atoms with E-state index in [1.54, 1.807) is 0 Å². The maximum Gasteiger partial charge on any atom is 0.167 e. The second kappa shape index (κ2) is 5.18. The van der Waals surface area contributed by atoms with E-state index < -0.39 is 0 Å². The summed E-state index contributed by atoms with van der Waals surface area (Å²) < 4.78 is 0. The van der Waals surface area contributed by atoms with Crippen molar-refractivity contribution in [3.63, 3.8) is 0 Å². The largest absolute Gasteiger partial charge is 0.294 e. The first-order valence-electron chi connectivity index (χ1n) is 6.23. The molecule has 0 saturated carbocycles. The normalized spacial score (nSPS) is 10.4. The molecular formula is C17H18O. The number of benzene rings is 2. The maximum absolute atomic E-state index is 12.4. The van der Waals surface area contributed by atoms with Gasteiger partial charge in [-0.25, -0.2) is 0 Å². The summed E-state index contributed by atoms with van der Waals surface area (Å²) in [6.45, 7) is 6.05. The molecular weight excluding hydrogens is 220 g/mol. The first kappa shape index (κ1) is 12.6. The molecule has 0 aromatic heterocycles. The summed E-state index contributed by atoms with van der Waals surface area (Å²) in [5.74, 6) is 0.208. The van der Waals surface area contributed by atoms with Crippen molar-refractivity contribution < 1.29 is 4.79 Å². The predicted octanol–water partition coefficient (Wildman–Crippen LogP) is 4.04. The Kier molecular flexibility index (Phi) is 3.61. The van der Waals surface area contributed by atoms with Crippen LogP contribution in [0.1, 0.15) is 32.6 Å². The fourth-order valence-electron chi connectivity index (χ4n) is 2.32. The van der Waals surface area contributed by atoms with Gasteiger partial charge in [-0.3, -0.25) is 4.79 Å². The van der Waals surface area contributed by atoms with Crippen molar-refractivity contribution in [2.75, 3.05) is 0 Å². The SMILES string of the molecule is Cc1ccccc1CC(=O)c1c(C)cccc1C. The third kappa shape index (κ3) is 2.51. The molecule has 2 aromatic rings. The summed E-state index contributed by atoms with van der Waals surface area (Å²) in [4.78, 5) is 12.4. The van der Waals surface area contributed by atoms with Crippen molar-refractivity contribution in [3.8, 4) is 0 Å². The van der Waals surface area contributed by atoms with E-state index in [9.17, 15) is 4.79 Å². The highest BCUT2D eigenvalue weighted by molar-refractivity contribution is 6.00. The molecule has 0 amide bonds. The van der Waals surface area contributed by atoms with Crippen LogP contribution in [0.4, 0.5) is 0 Å². The molecule has 0 aliphatic heterocycles. The minimum absolute atomic E-state index is 0.208. The third-order valence-electron chi connectivity index (χ3n) is 3.37. The van der Waals surface area contributed by atoms with Crippen LogP contribution in [0.3, 0.4) is 0 Å². The van der Waals surface area contributed by atoms with Crippen molar-refractivity contribution >= 4 is 5.78 Å². The summed E-state index contributed by atoms with van der Waals surface area (Å²) in [5, 5.41) is 0. The van der Waals surface area contributed by atoms with Crippen LogP contribution in [0.15, 0.2) is 42.5 Å². The Bertz CT molecular complexity index is 562. The van der Waals surface area contributed by atoms with Gasteiger partial charge in [-0.05, 0) is 43.0 Å². The molecule has 0 aliphatic carbocycles. The molecule has 18 heavy (non-hydrogen) atoms. The smallest absolute Gasteiger partial charge is 0.167 e. The van der Waals surface area contributed by atoms with Crippen molar-refractivity contribution in [1.29, 1.82) is 0 Å². The average molecular weight is 238 g/mol. The van der Waals surface area contributed by atoms with Crippen LogP contribution in [-0.4, -0.2) is 5.78 Å². The highest BCUT2D eigenvalue weighted by atomic mass is 16.1. The Morgan fingerprint density at radius 2 is 1.39 bits per heavy atom. The lowest BCUT2D eigenvalue weighted by Gasteiger charge is -2.10. The van der Waals surface area contributed by atoms with Crippen LogP contribution < -0.4 is 0 Å². The number of Topliss-reactive ketones (excluding diaryl/α,β-unsaturated/α-hetero) is 1. The number of hydrogen-bond acceptors (Lipinski definition) is 1. The molecule has 0 heterocycles. The van der Waals surface area contributed by atoms with Crippen molar-refractivity contribution in [2.45, 2.75) is 27.2 Å². The zero-order chi connectivity index (χ0) is 13.1. The fraction of sp³-hybridized carbons (Fsp3) is 0.235. The predicted molar refractivity (Wildman–Crippen MR) is 75.1 cm³/mol. The monoisotopic (exact) mass is 238 g/mol. The summed E-state index contributed by atoms with van der Waals surface area (Å²) in [6, 6.07) is 14.1. The van der Waals surface area contributed by atoms with Crippen LogP contribution in [0.25, 0.3) is 0 Å². The minimum Gasteiger partial charge on any atom is -0.294 e. The van der Waals surface area contributed by atoms with E-state index in [2.05, 4.69) is 0 Å². The molecule has 0 radical (unpaired) electrons. The van der Waals surface area contributed by atoms with E-state index in [4.69, 9.17) is 0 Å². The van der Waals surface area contributed by atoms with Gasteiger partial charge in [0.15, 0.2) is 5.78 Å². The Hall–Kier alpha value is -1.89. The summed E-state index contributed by atoms with van der Waals surface area (Å²) in [6.07, 6.45) is 0.484. The Morgan fingerprint density at radius 1 is 0.833 bits per heavy atom. The minimum atomic E-state index is 0.208. The van der Waals surface area contributed by atoms with Crippen LogP contribution >= 0.6 is 0 Å². The molecule has 0 fully saturated rings. The first-order valence-corrected chi connectivity index (χ1v) is 6.23. The zero-order valence-electron chi connectivity index (χ0n) is 11.2. The quantitative estimate of drug-likeness (QED) is 0.738. The molecule has 92 valence electrons. The number of carbonyl (C=O) groups excluding carboxylic acids is 1. The number of ketones is 1. The zero-order valence-corrected chi connectivity index (χ0v) is 11.2. The molecule has 0 spiro atoms. The molecule has 0 N–H and O–H groups in total. The van der Waals surface area contributed by atoms with E-state index >= 15 is 0 Å². The van der Waals surface area contributed by atoms with Gasteiger partial charge < -0.3 is 0 Å². The van der Waals surface area contributed by atoms with Crippen molar-refractivity contribution in [2.24, 2.45) is 0 Å². The lowest BCUT2D eigenvalue weighted by Crippen LogP contribution is -2.08. The Labute approximate surface area is 108 Å². The van der Waals surface area contributed by atoms with Gasteiger partial charge >= 0.3 is 0 Å². The maximum atomic E-state index is 12.4. The molecule has 0 saturated heterocycles. The van der Waals surface area contributed by atoms with Crippen LogP contribution in [0.2, 0.25) is 0 Å². The second-order valence-electron chi connectivity index (χ2n) is 4.79. The van der Waals surface area contributed by atoms with Crippen LogP contribution in [0, 0.1) is 20.8 Å². The highest BCUT2D eigenvalue weighted by Gasteiger charge is 2.13. The van der Waals surface area contributed by atoms with Crippen molar-refractivity contribution in [1.82, 2.24) is 0 Å². The number of rotatable bonds is 3. The van der Waals surface area contributed by atoms with E-state index in [-0.39, 0.29) is 5.78 Å². The van der Waals surface area contributed by atoms with E-state index in [1.807, 2.05) is 63.2 Å². The molecule has 2 rings (SSSR count). The molecule has 0 aliphatic rings. The summed E-state index contributed by atoms with van der Waals surface area (Å²) in [5.41, 5.74) is 5.30. The first-order chi connectivity index (χ1) is 8.59. The van der Waals surface area contributed by atoms with E-state index in [0.29, 0.717) is 6.42 Å². The Balaban J connectivity index is 2.31. The van der Waals surface area contributed by atoms with Crippen molar-refractivity contribution in [3.05, 3.63) is 70.3 Å². The number of hydrogen-bond donors (Lipinski definition) is 0. The standard InChI is InChI=1S/C17H18O/c1-12-7-4-5-10-15(12)11-16(18)17-13(2)8-6-9-14(17)3/h4-10H,11H2,1-3H3. The number of aryl methyl sites for hydroxylation is 3. The average Bonchev–Trinajstić information content (AvgIpc) is 2.32. The Morgan fingerprint density at radius 3 is 2.00 bits per heavy atom. The number of carbonyl (C=O) groups is 1. The molecule has 2 aromatic carbocycles. The van der Waals surface area contributed by atoms with Gasteiger partial charge in [0.1, 0.15) is 0 Å². The lowest BCUT2D eigenvalue weighted by molar-refractivity contribution is 0.0991. The highest BCUT2D eigenvalue weighted by Crippen LogP contribution is 2.17. The van der Waals surface area contributed by atoms with Gasteiger partial charge in [-0.15, -0.1) is 0 Å². The fourth-order valence-corrected chi connectivity index (χ4v) is 2.32. The van der Waals surface area contributed by atoms with Gasteiger partial charge in [0.25, 0.3) is 0 Å². The van der Waals surface area contributed by atoms with E-state index in [1.165, 1.54) is 5.56 Å².